The summed E-state index contributed by atoms with van der Waals surface area (Å²) < 4.78 is 28.1. The van der Waals surface area contributed by atoms with Gasteiger partial charge in [0.1, 0.15) is 5.82 Å². The first-order valence-corrected chi connectivity index (χ1v) is 7.98. The van der Waals surface area contributed by atoms with Gasteiger partial charge in [-0.15, -0.1) is 0 Å². The molecule has 1 aliphatic heterocycles. The van der Waals surface area contributed by atoms with Crippen LogP contribution >= 0.6 is 0 Å². The van der Waals surface area contributed by atoms with Crippen LogP contribution in [0.5, 0.6) is 0 Å². The van der Waals surface area contributed by atoms with Crippen molar-refractivity contribution in [1.82, 2.24) is 13.9 Å². The van der Waals surface area contributed by atoms with E-state index in [1.807, 2.05) is 6.92 Å². The van der Waals surface area contributed by atoms with Crippen molar-refractivity contribution in [2.75, 3.05) is 13.1 Å². The average molecular weight is 287 g/mol. The Morgan fingerprint density at radius 2 is 2.21 bits per heavy atom. The van der Waals surface area contributed by atoms with E-state index in [0.717, 1.165) is 6.42 Å². The Morgan fingerprint density at radius 3 is 2.74 bits per heavy atom. The summed E-state index contributed by atoms with van der Waals surface area (Å²) >= 11 is 0. The number of aliphatic hydroxyl groups excluding tert-OH is 1. The molecule has 1 aromatic rings. The zero-order chi connectivity index (χ0) is 14.2. The van der Waals surface area contributed by atoms with Crippen LogP contribution in [-0.4, -0.2) is 46.6 Å². The maximum Gasteiger partial charge on any atom is 0.262 e. The van der Waals surface area contributed by atoms with Gasteiger partial charge < -0.3 is 9.67 Å². The number of sulfonamides is 1. The zero-order valence-corrected chi connectivity index (χ0v) is 12.4. The lowest BCUT2D eigenvalue weighted by Crippen LogP contribution is -2.45. The van der Waals surface area contributed by atoms with Gasteiger partial charge in [0.25, 0.3) is 10.0 Å². The number of nitrogens with zero attached hydrogens (tertiary/aromatic N) is 3. The molecule has 7 heteroatoms. The number of hydrogen-bond acceptors (Lipinski definition) is 4. The van der Waals surface area contributed by atoms with Crippen LogP contribution in [0.3, 0.4) is 0 Å². The molecule has 0 radical (unpaired) electrons. The van der Waals surface area contributed by atoms with Gasteiger partial charge in [-0.05, 0) is 25.7 Å². The van der Waals surface area contributed by atoms with E-state index in [0.29, 0.717) is 25.3 Å². The summed E-state index contributed by atoms with van der Waals surface area (Å²) in [4.78, 5) is 4.10. The second-order valence-corrected chi connectivity index (χ2v) is 7.01. The first-order chi connectivity index (χ1) is 8.86. The van der Waals surface area contributed by atoms with Gasteiger partial charge in [-0.1, -0.05) is 6.92 Å². The van der Waals surface area contributed by atoms with Gasteiger partial charge in [0.2, 0.25) is 0 Å². The molecule has 0 aliphatic carbocycles. The van der Waals surface area contributed by atoms with Gasteiger partial charge >= 0.3 is 0 Å². The van der Waals surface area contributed by atoms with Crippen molar-refractivity contribution in [3.63, 3.8) is 0 Å². The van der Waals surface area contributed by atoms with E-state index >= 15 is 0 Å². The van der Waals surface area contributed by atoms with Gasteiger partial charge in [0.15, 0.2) is 5.03 Å². The summed E-state index contributed by atoms with van der Waals surface area (Å²) in [6.07, 6.45) is 2.40. The number of rotatable bonds is 3. The van der Waals surface area contributed by atoms with Crippen molar-refractivity contribution < 1.29 is 13.5 Å². The van der Waals surface area contributed by atoms with E-state index in [2.05, 4.69) is 4.98 Å². The van der Waals surface area contributed by atoms with Crippen LogP contribution in [0.1, 0.15) is 25.6 Å². The molecule has 1 N–H and O–H groups in total. The van der Waals surface area contributed by atoms with Gasteiger partial charge in [-0.3, -0.25) is 0 Å². The van der Waals surface area contributed by atoms with Gasteiger partial charge in [-0.2, -0.15) is 4.31 Å². The van der Waals surface area contributed by atoms with Crippen molar-refractivity contribution in [2.24, 2.45) is 13.0 Å². The number of imidazole rings is 1. The Balaban J connectivity index is 2.25. The van der Waals surface area contributed by atoms with E-state index in [1.165, 1.54) is 10.5 Å². The predicted octanol–water partition coefficient (Wildman–Crippen LogP) is 0.510. The quantitative estimate of drug-likeness (QED) is 0.879. The third-order valence-electron chi connectivity index (χ3n) is 3.87. The van der Waals surface area contributed by atoms with Crippen molar-refractivity contribution in [1.29, 1.82) is 0 Å². The molecular weight excluding hydrogens is 266 g/mol. The Bertz CT molecular complexity index is 533. The monoisotopic (exact) mass is 287 g/mol. The van der Waals surface area contributed by atoms with Gasteiger partial charge in [-0.25, -0.2) is 13.4 Å². The molecule has 0 amide bonds. The molecule has 1 saturated heterocycles. The first kappa shape index (κ1) is 14.5. The minimum atomic E-state index is -3.54. The molecule has 2 heterocycles. The highest BCUT2D eigenvalue weighted by molar-refractivity contribution is 7.89. The van der Waals surface area contributed by atoms with Crippen LogP contribution in [0.2, 0.25) is 0 Å². The molecule has 0 aromatic carbocycles. The summed E-state index contributed by atoms with van der Waals surface area (Å²) in [5.41, 5.74) is 0. The fourth-order valence-electron chi connectivity index (χ4n) is 2.39. The Hall–Kier alpha value is -0.920. The minimum Gasteiger partial charge on any atom is -0.393 e. The zero-order valence-electron chi connectivity index (χ0n) is 11.6. The third-order valence-corrected chi connectivity index (χ3v) is 5.61. The van der Waals surface area contributed by atoms with Crippen LogP contribution < -0.4 is 0 Å². The largest absolute Gasteiger partial charge is 0.393 e. The fraction of sp³-hybridized carbons (Fsp3) is 0.750. The van der Waals surface area contributed by atoms with Crippen molar-refractivity contribution in [3.05, 3.63) is 12.0 Å². The van der Waals surface area contributed by atoms with E-state index in [-0.39, 0.29) is 10.9 Å². The van der Waals surface area contributed by atoms with Crippen LogP contribution in [0, 0.1) is 12.8 Å². The second kappa shape index (κ2) is 5.22. The molecule has 19 heavy (non-hydrogen) atoms. The lowest BCUT2D eigenvalue weighted by molar-refractivity contribution is 0.0520. The molecule has 2 atom stereocenters. The van der Waals surface area contributed by atoms with Crippen molar-refractivity contribution in [2.45, 2.75) is 37.8 Å². The molecule has 2 rings (SSSR count). The maximum absolute atomic E-state index is 12.5. The summed E-state index contributed by atoms with van der Waals surface area (Å²) in [5.74, 6) is 0.677. The molecule has 108 valence electrons. The fourth-order valence-corrected chi connectivity index (χ4v) is 3.93. The van der Waals surface area contributed by atoms with Crippen LogP contribution in [0.4, 0.5) is 0 Å². The lowest BCUT2D eigenvalue weighted by Gasteiger charge is -2.34. The van der Waals surface area contributed by atoms with Crippen LogP contribution in [0.25, 0.3) is 0 Å². The average Bonchev–Trinajstić information content (AvgIpc) is 2.70. The van der Waals surface area contributed by atoms with E-state index in [4.69, 9.17) is 0 Å². The number of aliphatic hydroxyl groups is 1. The molecule has 0 spiro atoms. The highest BCUT2D eigenvalue weighted by atomic mass is 32.2. The Kier molecular flexibility index (Phi) is 3.98. The Labute approximate surface area is 114 Å². The van der Waals surface area contributed by atoms with Crippen molar-refractivity contribution in [3.8, 4) is 0 Å². The molecule has 2 unspecified atom stereocenters. The highest BCUT2D eigenvalue weighted by Gasteiger charge is 2.35. The molecule has 6 nitrogen and oxygen atoms in total. The summed E-state index contributed by atoms with van der Waals surface area (Å²) in [6.45, 7) is 4.47. The smallest absolute Gasteiger partial charge is 0.262 e. The minimum absolute atomic E-state index is 0.00772. The highest BCUT2D eigenvalue weighted by Crippen LogP contribution is 2.25. The molecule has 1 aliphatic rings. The molecule has 0 bridgehead atoms. The summed E-state index contributed by atoms with van der Waals surface area (Å²) in [5, 5.41) is 9.93. The van der Waals surface area contributed by atoms with Gasteiger partial charge in [0, 0.05) is 26.3 Å². The lowest BCUT2D eigenvalue weighted by atomic mass is 9.94. The number of aromatic nitrogens is 2. The summed E-state index contributed by atoms with van der Waals surface area (Å²) in [6, 6.07) is 0. The van der Waals surface area contributed by atoms with Crippen LogP contribution in [0.15, 0.2) is 11.2 Å². The predicted molar refractivity (Wildman–Crippen MR) is 71.1 cm³/mol. The van der Waals surface area contributed by atoms with E-state index < -0.39 is 16.1 Å². The van der Waals surface area contributed by atoms with E-state index in [1.54, 1.807) is 18.5 Å². The number of hydrogen-bond donors (Lipinski definition) is 1. The first-order valence-electron chi connectivity index (χ1n) is 6.54. The van der Waals surface area contributed by atoms with Crippen molar-refractivity contribution >= 4 is 10.0 Å². The standard InChI is InChI=1S/C12H21N3O3S/c1-4-10-7-15(6-5-11(10)16)19(17,18)12-8-14(3)9(2)13-12/h8,10-11,16H,4-7H2,1-3H3. The maximum atomic E-state index is 12.5. The third kappa shape index (κ3) is 2.68. The molecule has 1 fully saturated rings. The second-order valence-electron chi connectivity index (χ2n) is 5.12. The topological polar surface area (TPSA) is 75.4 Å². The van der Waals surface area contributed by atoms with Gasteiger partial charge in [0.05, 0.1) is 6.10 Å². The number of piperidine rings is 1. The SMILES string of the molecule is CCC1CN(S(=O)(=O)c2cn(C)c(C)n2)CCC1O. The molecule has 0 saturated carbocycles. The molecular formula is C12H21N3O3S. The summed E-state index contributed by atoms with van der Waals surface area (Å²) in [7, 11) is -1.77. The van der Waals surface area contributed by atoms with Crippen LogP contribution in [-0.2, 0) is 17.1 Å². The number of aryl methyl sites for hydroxylation is 2. The Morgan fingerprint density at radius 1 is 1.53 bits per heavy atom. The molecule has 1 aromatic heterocycles. The normalized spacial score (nSPS) is 25.7. The van der Waals surface area contributed by atoms with E-state index in [9.17, 15) is 13.5 Å².